The summed E-state index contributed by atoms with van der Waals surface area (Å²) >= 11 is 0. The van der Waals surface area contributed by atoms with Gasteiger partial charge in [-0.25, -0.2) is 9.37 Å². The molecule has 2 rings (SSSR count). The number of rotatable bonds is 4. The Morgan fingerprint density at radius 2 is 2.39 bits per heavy atom. The Morgan fingerprint density at radius 1 is 1.56 bits per heavy atom. The van der Waals surface area contributed by atoms with Crippen LogP contribution in [0, 0.1) is 5.82 Å². The molecule has 0 fully saturated rings. The first kappa shape index (κ1) is 12.1. The minimum atomic E-state index is -0.597. The van der Waals surface area contributed by atoms with Crippen LogP contribution in [0.1, 0.15) is 16.1 Å². The maximum absolute atomic E-state index is 12.9. The number of hydrogen-bond donors (Lipinski definition) is 2. The second kappa shape index (κ2) is 5.31. The average molecular weight is 249 g/mol. The Hall–Kier alpha value is -2.37. The Labute approximate surface area is 103 Å². The molecule has 18 heavy (non-hydrogen) atoms. The summed E-state index contributed by atoms with van der Waals surface area (Å²) in [7, 11) is 0. The first-order valence-electron chi connectivity index (χ1n) is 5.38. The lowest BCUT2D eigenvalue weighted by molar-refractivity contribution is 0.0954. The molecule has 0 saturated carbocycles. The fraction of sp³-hybridized carbons (Fsp3) is 0.167. The molecule has 0 bridgehead atoms. The normalized spacial score (nSPS) is 10.3. The Kier molecular flexibility index (Phi) is 3.57. The van der Waals surface area contributed by atoms with Crippen LogP contribution in [0.5, 0.6) is 0 Å². The maximum atomic E-state index is 12.9. The number of furan rings is 1. The molecule has 0 atom stereocenters. The molecule has 0 saturated heterocycles. The van der Waals surface area contributed by atoms with Crippen molar-refractivity contribution in [2.45, 2.75) is 6.42 Å². The Bertz CT molecular complexity index is 540. The number of nitrogens with two attached hydrogens (primary N) is 1. The monoisotopic (exact) mass is 249 g/mol. The van der Waals surface area contributed by atoms with E-state index in [1.807, 2.05) is 6.07 Å². The van der Waals surface area contributed by atoms with E-state index < -0.39 is 11.7 Å². The Balaban J connectivity index is 1.93. The van der Waals surface area contributed by atoms with Crippen LogP contribution in [-0.2, 0) is 6.42 Å². The molecular weight excluding hydrogens is 237 g/mol. The van der Waals surface area contributed by atoms with Crippen LogP contribution in [0.4, 0.5) is 10.2 Å². The van der Waals surface area contributed by atoms with Gasteiger partial charge in [0.1, 0.15) is 17.4 Å². The summed E-state index contributed by atoms with van der Waals surface area (Å²) in [6.45, 7) is 0.377. The van der Waals surface area contributed by atoms with E-state index in [9.17, 15) is 9.18 Å². The van der Waals surface area contributed by atoms with Gasteiger partial charge in [0.15, 0.2) is 0 Å². The number of nitrogen functional groups attached to an aromatic ring is 1. The number of nitrogens with one attached hydrogen (secondary N) is 1. The highest BCUT2D eigenvalue weighted by Gasteiger charge is 2.11. The summed E-state index contributed by atoms with van der Waals surface area (Å²) in [6, 6.07) is 4.64. The fourth-order valence-electron chi connectivity index (χ4n) is 1.48. The van der Waals surface area contributed by atoms with Gasteiger partial charge < -0.3 is 15.5 Å². The number of amides is 1. The van der Waals surface area contributed by atoms with E-state index in [0.717, 1.165) is 18.0 Å². The highest BCUT2D eigenvalue weighted by Crippen LogP contribution is 2.09. The number of nitrogens with zero attached hydrogens (tertiary/aromatic N) is 1. The van der Waals surface area contributed by atoms with Gasteiger partial charge in [-0.1, -0.05) is 0 Å². The predicted molar refractivity (Wildman–Crippen MR) is 63.4 cm³/mol. The van der Waals surface area contributed by atoms with Gasteiger partial charge >= 0.3 is 0 Å². The van der Waals surface area contributed by atoms with Crippen molar-refractivity contribution in [3.8, 4) is 0 Å². The van der Waals surface area contributed by atoms with Gasteiger partial charge in [0.25, 0.3) is 5.91 Å². The molecule has 0 aliphatic heterocycles. The minimum absolute atomic E-state index is 0.00639. The number of aromatic nitrogens is 1. The lowest BCUT2D eigenvalue weighted by Gasteiger charge is -2.06. The van der Waals surface area contributed by atoms with Gasteiger partial charge in [0, 0.05) is 13.0 Å². The van der Waals surface area contributed by atoms with Crippen molar-refractivity contribution in [1.29, 1.82) is 0 Å². The molecule has 94 valence electrons. The first-order valence-corrected chi connectivity index (χ1v) is 5.38. The zero-order chi connectivity index (χ0) is 13.0. The van der Waals surface area contributed by atoms with Gasteiger partial charge in [-0.15, -0.1) is 0 Å². The van der Waals surface area contributed by atoms with Crippen molar-refractivity contribution in [2.75, 3.05) is 12.3 Å². The Morgan fingerprint density at radius 3 is 3.11 bits per heavy atom. The number of carbonyl (C=O) groups excluding carboxylic acids is 1. The van der Waals surface area contributed by atoms with E-state index in [0.29, 0.717) is 13.0 Å². The summed E-state index contributed by atoms with van der Waals surface area (Å²) in [4.78, 5) is 15.3. The van der Waals surface area contributed by atoms with Gasteiger partial charge in [0.05, 0.1) is 18.0 Å². The molecular formula is C12H12FN3O2. The van der Waals surface area contributed by atoms with Gasteiger partial charge in [-0.3, -0.25) is 4.79 Å². The van der Waals surface area contributed by atoms with Crippen molar-refractivity contribution >= 4 is 11.7 Å². The van der Waals surface area contributed by atoms with Crippen LogP contribution >= 0.6 is 0 Å². The summed E-state index contributed by atoms with van der Waals surface area (Å²) < 4.78 is 18.1. The molecule has 0 aliphatic carbocycles. The molecule has 2 aromatic heterocycles. The topological polar surface area (TPSA) is 81.1 Å². The number of carbonyl (C=O) groups is 1. The number of halogens is 1. The quantitative estimate of drug-likeness (QED) is 0.857. The number of anilines is 1. The third kappa shape index (κ3) is 2.85. The molecule has 2 heterocycles. The lowest BCUT2D eigenvalue weighted by Crippen LogP contribution is -2.26. The van der Waals surface area contributed by atoms with E-state index in [4.69, 9.17) is 10.2 Å². The van der Waals surface area contributed by atoms with E-state index in [1.54, 1.807) is 12.3 Å². The average Bonchev–Trinajstić information content (AvgIpc) is 2.85. The third-order valence-electron chi connectivity index (χ3n) is 2.37. The van der Waals surface area contributed by atoms with Gasteiger partial charge in [-0.2, -0.15) is 0 Å². The molecule has 1 amide bonds. The predicted octanol–water partition coefficient (Wildman–Crippen LogP) is 1.37. The minimum Gasteiger partial charge on any atom is -0.469 e. The molecule has 0 spiro atoms. The van der Waals surface area contributed by atoms with Crippen LogP contribution in [0.3, 0.4) is 0 Å². The molecule has 5 nitrogen and oxygen atoms in total. The molecule has 6 heteroatoms. The van der Waals surface area contributed by atoms with Crippen LogP contribution in [0.15, 0.2) is 35.1 Å². The van der Waals surface area contributed by atoms with Crippen LogP contribution in [0.2, 0.25) is 0 Å². The van der Waals surface area contributed by atoms with E-state index >= 15 is 0 Å². The van der Waals surface area contributed by atoms with Crippen molar-refractivity contribution in [3.63, 3.8) is 0 Å². The fourth-order valence-corrected chi connectivity index (χ4v) is 1.48. The van der Waals surface area contributed by atoms with E-state index in [1.165, 1.54) is 0 Å². The number of hydrogen-bond acceptors (Lipinski definition) is 4. The highest BCUT2D eigenvalue weighted by molar-refractivity contribution is 5.98. The summed E-state index contributed by atoms with van der Waals surface area (Å²) in [5.41, 5.74) is 5.54. The van der Waals surface area contributed by atoms with Crippen molar-refractivity contribution in [2.24, 2.45) is 0 Å². The zero-order valence-electron chi connectivity index (χ0n) is 9.52. The largest absolute Gasteiger partial charge is 0.469 e. The maximum Gasteiger partial charge on any atom is 0.255 e. The van der Waals surface area contributed by atoms with E-state index in [2.05, 4.69) is 10.3 Å². The van der Waals surface area contributed by atoms with Crippen molar-refractivity contribution < 1.29 is 13.6 Å². The lowest BCUT2D eigenvalue weighted by atomic mass is 10.2. The smallest absolute Gasteiger partial charge is 0.255 e. The van der Waals surface area contributed by atoms with Crippen LogP contribution in [0.25, 0.3) is 0 Å². The van der Waals surface area contributed by atoms with Crippen LogP contribution in [-0.4, -0.2) is 17.4 Å². The van der Waals surface area contributed by atoms with Gasteiger partial charge in [-0.05, 0) is 18.2 Å². The highest BCUT2D eigenvalue weighted by atomic mass is 19.1. The van der Waals surface area contributed by atoms with Gasteiger partial charge in [0.2, 0.25) is 0 Å². The third-order valence-corrected chi connectivity index (χ3v) is 2.37. The number of pyridine rings is 1. The van der Waals surface area contributed by atoms with Crippen molar-refractivity contribution in [1.82, 2.24) is 10.3 Å². The molecule has 0 radical (unpaired) electrons. The second-order valence-electron chi connectivity index (χ2n) is 3.67. The molecule has 0 unspecified atom stereocenters. The molecule has 2 aromatic rings. The standard InChI is InChI=1S/C12H12FN3O2/c13-8-6-10(11(14)16-7-8)12(17)15-4-3-9-2-1-5-18-9/h1-2,5-7H,3-4H2,(H2,14,16)(H,15,17). The van der Waals surface area contributed by atoms with Crippen LogP contribution < -0.4 is 11.1 Å². The molecule has 0 aliphatic rings. The molecule has 3 N–H and O–H groups in total. The first-order chi connectivity index (χ1) is 8.66. The van der Waals surface area contributed by atoms with E-state index in [-0.39, 0.29) is 11.4 Å². The SMILES string of the molecule is Nc1ncc(F)cc1C(=O)NCCc1ccco1. The summed E-state index contributed by atoms with van der Waals surface area (Å²) in [6.07, 6.45) is 3.09. The second-order valence-corrected chi connectivity index (χ2v) is 3.67. The molecule has 0 aromatic carbocycles. The summed E-state index contributed by atoms with van der Waals surface area (Å²) in [5, 5.41) is 2.62. The van der Waals surface area contributed by atoms with Crippen molar-refractivity contribution in [3.05, 3.63) is 47.8 Å². The summed E-state index contributed by atoms with van der Waals surface area (Å²) in [5.74, 6) is -0.279. The zero-order valence-corrected chi connectivity index (χ0v) is 9.52.